The summed E-state index contributed by atoms with van der Waals surface area (Å²) in [7, 11) is 0. The number of hydrogen-bond donors (Lipinski definition) is 0. The summed E-state index contributed by atoms with van der Waals surface area (Å²) in [4.78, 5) is 16.9. The van der Waals surface area contributed by atoms with Gasteiger partial charge in [-0.15, -0.1) is 0 Å². The predicted molar refractivity (Wildman–Crippen MR) is 102 cm³/mol. The monoisotopic (exact) mass is 381 g/mol. The minimum atomic E-state index is -0.744. The summed E-state index contributed by atoms with van der Waals surface area (Å²) in [5.74, 6) is -0.555. The van der Waals surface area contributed by atoms with E-state index in [2.05, 4.69) is 4.98 Å². The van der Waals surface area contributed by atoms with Crippen molar-refractivity contribution < 1.29 is 13.9 Å². The Balaban J connectivity index is 1.79. The third-order valence-electron chi connectivity index (χ3n) is 5.14. The first kappa shape index (κ1) is 17.7. The number of aromatic nitrogens is 1. The van der Waals surface area contributed by atoms with E-state index in [1.807, 2.05) is 43.3 Å². The smallest absolute Gasteiger partial charge is 0.321 e. The van der Waals surface area contributed by atoms with Crippen LogP contribution < -0.4 is 0 Å². The molecule has 4 rings (SSSR count). The molecule has 0 saturated carbocycles. The van der Waals surface area contributed by atoms with Gasteiger partial charge >= 0.3 is 5.97 Å². The predicted octanol–water partition coefficient (Wildman–Crippen LogP) is 5.49. The number of halogens is 2. The van der Waals surface area contributed by atoms with Crippen LogP contribution in [0.4, 0.5) is 4.39 Å². The highest BCUT2D eigenvalue weighted by Gasteiger charge is 2.58. The number of nitrogens with zero attached hydrogens (tertiary/aromatic N) is 1. The first-order valence-corrected chi connectivity index (χ1v) is 9.12. The van der Waals surface area contributed by atoms with Crippen molar-refractivity contribution >= 4 is 17.6 Å². The lowest BCUT2D eigenvalue weighted by molar-refractivity contribution is -0.193. The van der Waals surface area contributed by atoms with E-state index in [4.69, 9.17) is 16.3 Å². The van der Waals surface area contributed by atoms with Crippen LogP contribution in [0.2, 0.25) is 5.15 Å². The summed E-state index contributed by atoms with van der Waals surface area (Å²) in [6.07, 6.45) is 0.156. The topological polar surface area (TPSA) is 39.2 Å². The Bertz CT molecular complexity index is 991. The van der Waals surface area contributed by atoms with Crippen LogP contribution in [0.15, 0.2) is 66.7 Å². The quantitative estimate of drug-likeness (QED) is 0.443. The molecule has 0 N–H and O–H groups in total. The van der Waals surface area contributed by atoms with Crippen LogP contribution in [0.25, 0.3) is 11.3 Å². The molecule has 0 aliphatic carbocycles. The average Bonchev–Trinajstić information content (AvgIpc) is 2.67. The Morgan fingerprint density at radius 3 is 2.44 bits per heavy atom. The Morgan fingerprint density at radius 2 is 1.81 bits per heavy atom. The molecule has 0 unspecified atom stereocenters. The number of carbonyl (C=O) groups excluding carboxylic acids is 1. The molecule has 0 radical (unpaired) electrons. The first-order valence-electron chi connectivity index (χ1n) is 8.74. The lowest BCUT2D eigenvalue weighted by Gasteiger charge is -2.47. The zero-order chi connectivity index (χ0) is 19.0. The molecule has 1 fully saturated rings. The number of pyridine rings is 1. The maximum Gasteiger partial charge on any atom is 0.321 e. The lowest BCUT2D eigenvalue weighted by Crippen LogP contribution is -2.54. The van der Waals surface area contributed by atoms with Crippen molar-refractivity contribution in [3.8, 4) is 11.3 Å². The van der Waals surface area contributed by atoms with Crippen LogP contribution in [0, 0.1) is 5.82 Å². The number of rotatable bonds is 4. The molecule has 3 aromatic rings. The number of hydrogen-bond acceptors (Lipinski definition) is 3. The molecule has 2 atom stereocenters. The van der Waals surface area contributed by atoms with Crippen LogP contribution in [0.1, 0.15) is 30.6 Å². The Kier molecular flexibility index (Phi) is 4.44. The third kappa shape index (κ3) is 2.90. The Labute approximate surface area is 161 Å². The van der Waals surface area contributed by atoms with E-state index >= 15 is 0 Å². The fourth-order valence-electron chi connectivity index (χ4n) is 3.69. The van der Waals surface area contributed by atoms with Gasteiger partial charge in [-0.2, -0.15) is 0 Å². The van der Waals surface area contributed by atoms with Gasteiger partial charge < -0.3 is 4.74 Å². The standard InChI is InChI=1S/C22H17ClFNO2/c1-2-22(16-6-4-3-5-7-16)20(27-21(22)26)15-12-18(25-19(23)13-15)14-8-10-17(24)11-9-14/h3-13,20H,2H2,1H3/t20-,22-/m0/s1. The molecule has 0 amide bonds. The summed E-state index contributed by atoms with van der Waals surface area (Å²) in [6.45, 7) is 1.98. The molecule has 1 aromatic heterocycles. The second-order valence-electron chi connectivity index (χ2n) is 6.59. The van der Waals surface area contributed by atoms with Gasteiger partial charge in [0.05, 0.1) is 5.69 Å². The van der Waals surface area contributed by atoms with Gasteiger partial charge in [0, 0.05) is 5.56 Å². The molecule has 27 heavy (non-hydrogen) atoms. The molecule has 1 aliphatic heterocycles. The van der Waals surface area contributed by atoms with E-state index in [9.17, 15) is 9.18 Å². The van der Waals surface area contributed by atoms with Gasteiger partial charge in [0.2, 0.25) is 0 Å². The van der Waals surface area contributed by atoms with Gasteiger partial charge in [-0.3, -0.25) is 4.79 Å². The number of carbonyl (C=O) groups is 1. The molecule has 2 heterocycles. The van der Waals surface area contributed by atoms with Crippen molar-refractivity contribution in [1.82, 2.24) is 4.98 Å². The molecule has 2 aromatic carbocycles. The van der Waals surface area contributed by atoms with E-state index in [-0.39, 0.29) is 11.8 Å². The highest BCUT2D eigenvalue weighted by molar-refractivity contribution is 6.29. The van der Waals surface area contributed by atoms with Crippen molar-refractivity contribution in [2.24, 2.45) is 0 Å². The van der Waals surface area contributed by atoms with Crippen molar-refractivity contribution in [3.05, 3.63) is 88.8 Å². The summed E-state index contributed by atoms with van der Waals surface area (Å²) in [6, 6.07) is 19.3. The molecular formula is C22H17ClFNO2. The van der Waals surface area contributed by atoms with E-state index in [0.29, 0.717) is 17.3 Å². The van der Waals surface area contributed by atoms with Gasteiger partial charge in [0.1, 0.15) is 22.5 Å². The summed E-state index contributed by atoms with van der Waals surface area (Å²) in [5.41, 5.74) is 2.31. The normalized spacial score (nSPS) is 21.4. The van der Waals surface area contributed by atoms with Crippen LogP contribution in [0.5, 0.6) is 0 Å². The average molecular weight is 382 g/mol. The van der Waals surface area contributed by atoms with Crippen molar-refractivity contribution in [3.63, 3.8) is 0 Å². The zero-order valence-corrected chi connectivity index (χ0v) is 15.4. The van der Waals surface area contributed by atoms with E-state index < -0.39 is 11.5 Å². The summed E-state index contributed by atoms with van der Waals surface area (Å²) < 4.78 is 18.8. The number of esters is 1. The number of ether oxygens (including phenoxy) is 1. The van der Waals surface area contributed by atoms with Crippen molar-refractivity contribution in [2.75, 3.05) is 0 Å². The van der Waals surface area contributed by atoms with E-state index in [1.54, 1.807) is 18.2 Å². The van der Waals surface area contributed by atoms with Crippen LogP contribution >= 0.6 is 11.6 Å². The SMILES string of the molecule is CC[C@@]1(c2ccccc2)C(=O)O[C@H]1c1cc(Cl)nc(-c2ccc(F)cc2)c1. The number of cyclic esters (lactones) is 1. The van der Waals surface area contributed by atoms with Gasteiger partial charge in [-0.1, -0.05) is 48.9 Å². The maximum absolute atomic E-state index is 13.2. The Morgan fingerprint density at radius 1 is 1.11 bits per heavy atom. The summed E-state index contributed by atoms with van der Waals surface area (Å²) >= 11 is 6.25. The molecule has 0 spiro atoms. The molecule has 3 nitrogen and oxygen atoms in total. The fourth-order valence-corrected chi connectivity index (χ4v) is 3.91. The second-order valence-corrected chi connectivity index (χ2v) is 6.98. The van der Waals surface area contributed by atoms with E-state index in [1.165, 1.54) is 12.1 Å². The minimum Gasteiger partial charge on any atom is -0.455 e. The molecule has 1 saturated heterocycles. The fraction of sp³-hybridized carbons (Fsp3) is 0.182. The zero-order valence-electron chi connectivity index (χ0n) is 14.7. The highest BCUT2D eigenvalue weighted by atomic mass is 35.5. The lowest BCUT2D eigenvalue weighted by atomic mass is 9.67. The van der Waals surface area contributed by atoms with Crippen LogP contribution in [-0.2, 0) is 14.9 Å². The van der Waals surface area contributed by atoms with Crippen molar-refractivity contribution in [2.45, 2.75) is 24.9 Å². The van der Waals surface area contributed by atoms with Crippen molar-refractivity contribution in [1.29, 1.82) is 0 Å². The molecule has 136 valence electrons. The van der Waals surface area contributed by atoms with Crippen LogP contribution in [0.3, 0.4) is 0 Å². The van der Waals surface area contributed by atoms with Gasteiger partial charge in [0.25, 0.3) is 0 Å². The number of benzene rings is 2. The summed E-state index contributed by atoms with van der Waals surface area (Å²) in [5, 5.41) is 0.299. The Hall–Kier alpha value is -2.72. The van der Waals surface area contributed by atoms with Gasteiger partial charge in [-0.05, 0) is 53.9 Å². The minimum absolute atomic E-state index is 0.238. The molecule has 1 aliphatic rings. The maximum atomic E-state index is 13.2. The highest BCUT2D eigenvalue weighted by Crippen LogP contribution is 2.52. The van der Waals surface area contributed by atoms with Gasteiger partial charge in [-0.25, -0.2) is 9.37 Å². The van der Waals surface area contributed by atoms with E-state index in [0.717, 1.165) is 16.7 Å². The molecular weight excluding hydrogens is 365 g/mol. The third-order valence-corrected chi connectivity index (χ3v) is 5.34. The molecule has 0 bridgehead atoms. The molecule has 5 heteroatoms. The van der Waals surface area contributed by atoms with Crippen LogP contribution in [-0.4, -0.2) is 11.0 Å². The van der Waals surface area contributed by atoms with Gasteiger partial charge in [0.15, 0.2) is 0 Å². The largest absolute Gasteiger partial charge is 0.455 e. The first-order chi connectivity index (χ1) is 13.0. The second kappa shape index (κ2) is 6.78.